The molecule has 0 unspecified atom stereocenters. The molecule has 0 aliphatic carbocycles. The van der Waals surface area contributed by atoms with E-state index in [1.54, 1.807) is 14.2 Å². The van der Waals surface area contributed by atoms with Gasteiger partial charge in [0, 0.05) is 14.2 Å². The maximum Gasteiger partial charge on any atom is 0.147 e. The Morgan fingerprint density at radius 3 is 1.25 bits per heavy atom. The molecule has 16 heavy (non-hydrogen) atoms. The highest BCUT2D eigenvalue weighted by Gasteiger charge is 2.25. The van der Waals surface area contributed by atoms with E-state index < -0.39 is 0 Å². The number of ether oxygens (including phenoxy) is 4. The Morgan fingerprint density at radius 2 is 1.00 bits per heavy atom. The molecular weight excluding hydrogens is 208 g/mol. The summed E-state index contributed by atoms with van der Waals surface area (Å²) in [5, 5.41) is 0. The number of methoxy groups -OCH3 is 2. The molecular formula is C12H26O4. The molecule has 0 saturated heterocycles. The van der Waals surface area contributed by atoms with E-state index >= 15 is 0 Å². The SMILES string of the molecule is COCOC(C)(C)CCC(C)(C)OCOC. The van der Waals surface area contributed by atoms with E-state index in [2.05, 4.69) is 27.7 Å². The van der Waals surface area contributed by atoms with Crippen LogP contribution in [0, 0.1) is 0 Å². The first kappa shape index (κ1) is 15.8. The van der Waals surface area contributed by atoms with Gasteiger partial charge in [-0.25, -0.2) is 0 Å². The van der Waals surface area contributed by atoms with Crippen LogP contribution in [0.2, 0.25) is 0 Å². The van der Waals surface area contributed by atoms with Crippen molar-refractivity contribution in [3.8, 4) is 0 Å². The Morgan fingerprint density at radius 1 is 0.688 bits per heavy atom. The van der Waals surface area contributed by atoms with Gasteiger partial charge in [-0.2, -0.15) is 0 Å². The quantitative estimate of drug-likeness (QED) is 0.575. The van der Waals surface area contributed by atoms with Crippen molar-refractivity contribution in [3.05, 3.63) is 0 Å². The van der Waals surface area contributed by atoms with Crippen LogP contribution in [0.15, 0.2) is 0 Å². The predicted molar refractivity (Wildman–Crippen MR) is 63.3 cm³/mol. The van der Waals surface area contributed by atoms with Gasteiger partial charge in [0.2, 0.25) is 0 Å². The maximum absolute atomic E-state index is 5.57. The van der Waals surface area contributed by atoms with Crippen LogP contribution in [0.25, 0.3) is 0 Å². The van der Waals surface area contributed by atoms with Crippen molar-refractivity contribution in [1.29, 1.82) is 0 Å². The molecule has 0 heterocycles. The Bertz CT molecular complexity index is 158. The van der Waals surface area contributed by atoms with Crippen molar-refractivity contribution in [1.82, 2.24) is 0 Å². The first-order chi connectivity index (χ1) is 7.33. The van der Waals surface area contributed by atoms with E-state index in [9.17, 15) is 0 Å². The third kappa shape index (κ3) is 8.05. The van der Waals surface area contributed by atoms with Gasteiger partial charge in [-0.05, 0) is 40.5 Å². The predicted octanol–water partition coefficient (Wildman–Crippen LogP) is 2.56. The fourth-order valence-corrected chi connectivity index (χ4v) is 1.18. The summed E-state index contributed by atoms with van der Waals surface area (Å²) in [5.41, 5.74) is -0.382. The fraction of sp³-hybridized carbons (Fsp3) is 1.00. The Kier molecular flexibility index (Phi) is 7.15. The largest absolute Gasteiger partial charge is 0.359 e. The summed E-state index contributed by atoms with van der Waals surface area (Å²) in [6.45, 7) is 8.87. The zero-order valence-electron chi connectivity index (χ0n) is 11.5. The van der Waals surface area contributed by atoms with Crippen molar-refractivity contribution < 1.29 is 18.9 Å². The molecule has 0 saturated carbocycles. The smallest absolute Gasteiger partial charge is 0.147 e. The molecule has 0 N–H and O–H groups in total. The van der Waals surface area contributed by atoms with Crippen LogP contribution < -0.4 is 0 Å². The molecule has 4 heteroatoms. The lowest BCUT2D eigenvalue weighted by atomic mass is 9.94. The van der Waals surface area contributed by atoms with Crippen molar-refractivity contribution >= 4 is 0 Å². The fourth-order valence-electron chi connectivity index (χ4n) is 1.18. The highest BCUT2D eigenvalue weighted by molar-refractivity contribution is 4.76. The summed E-state index contributed by atoms with van der Waals surface area (Å²) in [4.78, 5) is 0. The molecule has 0 bridgehead atoms. The molecule has 0 aromatic heterocycles. The van der Waals surface area contributed by atoms with E-state index in [0.717, 1.165) is 12.8 Å². The van der Waals surface area contributed by atoms with E-state index in [-0.39, 0.29) is 11.2 Å². The summed E-state index contributed by atoms with van der Waals surface area (Å²) in [7, 11) is 3.25. The van der Waals surface area contributed by atoms with E-state index in [0.29, 0.717) is 13.6 Å². The number of rotatable bonds is 9. The Balaban J connectivity index is 3.91. The van der Waals surface area contributed by atoms with Crippen molar-refractivity contribution in [2.24, 2.45) is 0 Å². The van der Waals surface area contributed by atoms with Gasteiger partial charge in [-0.1, -0.05) is 0 Å². The van der Waals surface area contributed by atoms with Gasteiger partial charge < -0.3 is 18.9 Å². The summed E-state index contributed by atoms with van der Waals surface area (Å²) in [6, 6.07) is 0. The van der Waals surface area contributed by atoms with Gasteiger partial charge >= 0.3 is 0 Å². The first-order valence-electron chi connectivity index (χ1n) is 5.59. The van der Waals surface area contributed by atoms with E-state index in [4.69, 9.17) is 18.9 Å². The molecule has 0 spiro atoms. The number of hydrogen-bond acceptors (Lipinski definition) is 4. The normalized spacial score (nSPS) is 13.1. The van der Waals surface area contributed by atoms with Gasteiger partial charge in [0.1, 0.15) is 13.6 Å². The molecule has 0 atom stereocenters. The minimum absolute atomic E-state index is 0.191. The monoisotopic (exact) mass is 234 g/mol. The van der Waals surface area contributed by atoms with Gasteiger partial charge in [0.25, 0.3) is 0 Å². The molecule has 0 aromatic carbocycles. The van der Waals surface area contributed by atoms with Crippen LogP contribution in [-0.4, -0.2) is 39.0 Å². The average Bonchev–Trinajstić information content (AvgIpc) is 2.22. The molecule has 98 valence electrons. The molecule has 0 rings (SSSR count). The molecule has 0 aromatic rings. The summed E-state index contributed by atoms with van der Waals surface area (Å²) in [6.07, 6.45) is 1.82. The van der Waals surface area contributed by atoms with Gasteiger partial charge in [-0.3, -0.25) is 0 Å². The zero-order chi connectivity index (χ0) is 12.7. The first-order valence-corrected chi connectivity index (χ1v) is 5.59. The Labute approximate surface area is 99.2 Å². The third-order valence-electron chi connectivity index (χ3n) is 2.46. The lowest BCUT2D eigenvalue weighted by Crippen LogP contribution is -2.32. The molecule has 0 fully saturated rings. The summed E-state index contributed by atoms with van der Waals surface area (Å²) < 4.78 is 20.9. The standard InChI is InChI=1S/C12H26O4/c1-11(2,15-9-13-5)7-8-12(3,4)16-10-14-6/h7-10H2,1-6H3. The van der Waals surface area contributed by atoms with Crippen LogP contribution >= 0.6 is 0 Å². The highest BCUT2D eigenvalue weighted by atomic mass is 16.7. The average molecular weight is 234 g/mol. The van der Waals surface area contributed by atoms with Crippen LogP contribution in [0.1, 0.15) is 40.5 Å². The van der Waals surface area contributed by atoms with Crippen molar-refractivity contribution in [3.63, 3.8) is 0 Å². The second-order valence-corrected chi connectivity index (χ2v) is 5.12. The van der Waals surface area contributed by atoms with Crippen LogP contribution in [0.3, 0.4) is 0 Å². The van der Waals surface area contributed by atoms with Gasteiger partial charge in [0.15, 0.2) is 0 Å². The topological polar surface area (TPSA) is 36.9 Å². The number of hydrogen-bond donors (Lipinski definition) is 0. The van der Waals surface area contributed by atoms with Gasteiger partial charge in [-0.15, -0.1) is 0 Å². The lowest BCUT2D eigenvalue weighted by molar-refractivity contribution is -0.143. The molecule has 0 aliphatic heterocycles. The minimum atomic E-state index is -0.191. The third-order valence-corrected chi connectivity index (χ3v) is 2.46. The molecule has 0 radical (unpaired) electrons. The lowest BCUT2D eigenvalue weighted by Gasteiger charge is -2.31. The van der Waals surface area contributed by atoms with Crippen LogP contribution in [-0.2, 0) is 18.9 Å². The van der Waals surface area contributed by atoms with Gasteiger partial charge in [0.05, 0.1) is 11.2 Å². The molecule has 4 nitrogen and oxygen atoms in total. The second kappa shape index (κ2) is 7.22. The minimum Gasteiger partial charge on any atom is -0.359 e. The highest BCUT2D eigenvalue weighted by Crippen LogP contribution is 2.24. The van der Waals surface area contributed by atoms with E-state index in [1.165, 1.54) is 0 Å². The Hall–Kier alpha value is -0.160. The molecule has 0 amide bonds. The van der Waals surface area contributed by atoms with Crippen LogP contribution in [0.5, 0.6) is 0 Å². The zero-order valence-corrected chi connectivity index (χ0v) is 11.5. The summed E-state index contributed by atoms with van der Waals surface area (Å²) in [5.74, 6) is 0. The summed E-state index contributed by atoms with van der Waals surface area (Å²) >= 11 is 0. The maximum atomic E-state index is 5.57. The van der Waals surface area contributed by atoms with Crippen molar-refractivity contribution in [2.45, 2.75) is 51.7 Å². The van der Waals surface area contributed by atoms with E-state index in [1.807, 2.05) is 0 Å². The van der Waals surface area contributed by atoms with Crippen molar-refractivity contribution in [2.75, 3.05) is 27.8 Å². The second-order valence-electron chi connectivity index (χ2n) is 5.12. The van der Waals surface area contributed by atoms with Crippen LogP contribution in [0.4, 0.5) is 0 Å². The molecule has 0 aliphatic rings.